The van der Waals surface area contributed by atoms with E-state index in [2.05, 4.69) is 203 Å². The lowest BCUT2D eigenvalue weighted by atomic mass is 10.2. The molecule has 0 aliphatic heterocycles. The summed E-state index contributed by atoms with van der Waals surface area (Å²) in [5.74, 6) is -0.565. The predicted molar refractivity (Wildman–Crippen MR) is 297 cm³/mol. The molecule has 68 heavy (non-hydrogen) atoms. The third kappa shape index (κ3) is 53.6. The van der Waals surface area contributed by atoms with E-state index in [0.717, 1.165) is 135 Å². The maximum atomic E-state index is 12.8. The van der Waals surface area contributed by atoms with Gasteiger partial charge < -0.3 is 14.2 Å². The van der Waals surface area contributed by atoms with Gasteiger partial charge in [-0.15, -0.1) is 0 Å². The summed E-state index contributed by atoms with van der Waals surface area (Å²) in [6.07, 6.45) is 86.4. The van der Waals surface area contributed by atoms with Gasteiger partial charge in [-0.25, -0.2) is 0 Å². The molecule has 0 N–H and O–H groups in total. The Morgan fingerprint density at radius 1 is 0.324 bits per heavy atom. The fourth-order valence-electron chi connectivity index (χ4n) is 6.14. The van der Waals surface area contributed by atoms with Gasteiger partial charge in [0.1, 0.15) is 6.61 Å². The molecule has 0 radical (unpaired) electrons. The molecule has 5 nitrogen and oxygen atoms in total. The van der Waals surface area contributed by atoms with Crippen molar-refractivity contribution in [3.63, 3.8) is 0 Å². The third-order valence-electron chi connectivity index (χ3n) is 9.92. The van der Waals surface area contributed by atoms with E-state index in [9.17, 15) is 9.59 Å². The lowest BCUT2D eigenvalue weighted by molar-refractivity contribution is -0.162. The zero-order chi connectivity index (χ0) is 49.2. The van der Waals surface area contributed by atoms with Crippen LogP contribution in [0.3, 0.4) is 0 Å². The number of ether oxygens (including phenoxy) is 3. The topological polar surface area (TPSA) is 61.8 Å². The van der Waals surface area contributed by atoms with Crippen LogP contribution in [0.4, 0.5) is 0 Å². The Morgan fingerprint density at radius 2 is 0.618 bits per heavy atom. The van der Waals surface area contributed by atoms with E-state index in [4.69, 9.17) is 14.2 Å². The molecule has 0 heterocycles. The fourth-order valence-corrected chi connectivity index (χ4v) is 6.14. The molecule has 0 saturated carbocycles. The van der Waals surface area contributed by atoms with E-state index in [0.29, 0.717) is 25.9 Å². The summed E-state index contributed by atoms with van der Waals surface area (Å²) >= 11 is 0. The second kappa shape index (κ2) is 56.3. The Balaban J connectivity index is 4.58. The molecule has 0 fully saturated rings. The first-order chi connectivity index (χ1) is 33.6. The Kier molecular flexibility index (Phi) is 52.2. The standard InChI is InChI=1S/C63H94O5/c1-4-7-10-13-16-19-22-25-28-30-31-32-34-37-40-43-46-49-52-55-58-66-59-61(68-63(65)57-54-51-48-45-42-39-35-27-24-21-18-15-12-9-6-3)60-67-62(64)56-53-50-47-44-41-38-36-33-29-26-23-20-17-14-11-8-5-2/h7-12,16-21,25-29,31-32,35-38,40,42,44-47,49,61H,4-6,13-15,22-24,30,33-34,39,41,43,48,50-60H2,1-3H3/b10-7-,11-8-,12-9-,19-16-,20-17-,21-18-,28-25-,29-26-,32-31-,35-27-,38-36-,40-37-,45-42-,47-44-,49-46-. The Labute approximate surface area is 417 Å². The van der Waals surface area contributed by atoms with Crippen LogP contribution >= 0.6 is 0 Å². The molecule has 0 aromatic carbocycles. The number of hydrogen-bond acceptors (Lipinski definition) is 5. The van der Waals surface area contributed by atoms with Crippen LogP contribution in [0.5, 0.6) is 0 Å². The quantitative estimate of drug-likeness (QED) is 0.0346. The molecule has 0 aromatic rings. The molecule has 1 atom stereocenters. The molecule has 0 rings (SSSR count). The highest BCUT2D eigenvalue weighted by Crippen LogP contribution is 2.09. The van der Waals surface area contributed by atoms with Gasteiger partial charge >= 0.3 is 11.9 Å². The highest BCUT2D eigenvalue weighted by Gasteiger charge is 2.17. The SMILES string of the molecule is CC/C=C\C/C=C\C/C=C\C/C=C\C/C=C\C/C=C\CCCOCC(COC(=O)CCC/C=C\C/C=C\C/C=C\C/C=C\C/C=C\CC)OC(=O)CCCC/C=C\C/C=C\C/C=C\C/C=C\CC. The smallest absolute Gasteiger partial charge is 0.306 e. The van der Waals surface area contributed by atoms with Gasteiger partial charge in [-0.05, 0) is 141 Å². The monoisotopic (exact) mass is 931 g/mol. The summed E-state index contributed by atoms with van der Waals surface area (Å²) in [6.45, 7) is 7.19. The summed E-state index contributed by atoms with van der Waals surface area (Å²) in [5.41, 5.74) is 0. The third-order valence-corrected chi connectivity index (χ3v) is 9.92. The maximum absolute atomic E-state index is 12.8. The van der Waals surface area contributed by atoms with E-state index in [1.54, 1.807) is 0 Å². The van der Waals surface area contributed by atoms with Crippen LogP contribution in [0.25, 0.3) is 0 Å². The molecule has 0 aliphatic rings. The molecule has 0 saturated heterocycles. The lowest BCUT2D eigenvalue weighted by Crippen LogP contribution is -2.30. The summed E-state index contributed by atoms with van der Waals surface area (Å²) in [5, 5.41) is 0. The van der Waals surface area contributed by atoms with Gasteiger partial charge in [-0.2, -0.15) is 0 Å². The van der Waals surface area contributed by atoms with Crippen molar-refractivity contribution in [3.8, 4) is 0 Å². The zero-order valence-electron chi connectivity index (χ0n) is 43.0. The first-order valence-electron chi connectivity index (χ1n) is 26.3. The van der Waals surface area contributed by atoms with Crippen LogP contribution in [0.15, 0.2) is 182 Å². The Morgan fingerprint density at radius 3 is 0.971 bits per heavy atom. The highest BCUT2D eigenvalue weighted by molar-refractivity contribution is 5.70. The number of carbonyl (C=O) groups excluding carboxylic acids is 2. The molecule has 0 bridgehead atoms. The van der Waals surface area contributed by atoms with Gasteiger partial charge in [0.25, 0.3) is 0 Å². The van der Waals surface area contributed by atoms with Crippen LogP contribution in [-0.4, -0.2) is 37.9 Å². The van der Waals surface area contributed by atoms with E-state index < -0.39 is 6.10 Å². The summed E-state index contributed by atoms with van der Waals surface area (Å²) in [7, 11) is 0. The molecule has 0 amide bonds. The molecular formula is C63H94O5. The predicted octanol–water partition coefficient (Wildman–Crippen LogP) is 18.2. The number of esters is 2. The van der Waals surface area contributed by atoms with Gasteiger partial charge in [0.2, 0.25) is 0 Å². The summed E-state index contributed by atoms with van der Waals surface area (Å²) in [4.78, 5) is 25.4. The van der Waals surface area contributed by atoms with Crippen LogP contribution < -0.4 is 0 Å². The minimum atomic E-state index is -0.627. The second-order valence-corrected chi connectivity index (χ2v) is 16.3. The number of allylic oxidation sites excluding steroid dienone is 30. The van der Waals surface area contributed by atoms with Gasteiger partial charge in [-0.1, -0.05) is 203 Å². The van der Waals surface area contributed by atoms with Crippen molar-refractivity contribution in [1.29, 1.82) is 0 Å². The van der Waals surface area contributed by atoms with Crippen LogP contribution in [0.2, 0.25) is 0 Å². The minimum Gasteiger partial charge on any atom is -0.462 e. The zero-order valence-corrected chi connectivity index (χ0v) is 43.0. The van der Waals surface area contributed by atoms with Crippen molar-refractivity contribution >= 4 is 11.9 Å². The lowest BCUT2D eigenvalue weighted by Gasteiger charge is -2.18. The molecule has 0 aromatic heterocycles. The fraction of sp³-hybridized carbons (Fsp3) is 0.492. The van der Waals surface area contributed by atoms with E-state index >= 15 is 0 Å². The minimum absolute atomic E-state index is 0.00134. The van der Waals surface area contributed by atoms with Gasteiger partial charge in [0, 0.05) is 19.4 Å². The molecule has 376 valence electrons. The first-order valence-corrected chi connectivity index (χ1v) is 26.3. The normalized spacial score (nSPS) is 13.8. The van der Waals surface area contributed by atoms with Crippen molar-refractivity contribution in [3.05, 3.63) is 182 Å². The number of carbonyl (C=O) groups is 2. The van der Waals surface area contributed by atoms with E-state index in [1.165, 1.54) is 0 Å². The van der Waals surface area contributed by atoms with Crippen molar-refractivity contribution < 1.29 is 23.8 Å². The Bertz CT molecular complexity index is 1620. The highest BCUT2D eigenvalue weighted by atomic mass is 16.6. The van der Waals surface area contributed by atoms with Crippen molar-refractivity contribution in [2.75, 3.05) is 19.8 Å². The first kappa shape index (κ1) is 63.0. The van der Waals surface area contributed by atoms with E-state index in [-0.39, 0.29) is 25.2 Å². The van der Waals surface area contributed by atoms with Gasteiger partial charge in [0.15, 0.2) is 6.10 Å². The maximum Gasteiger partial charge on any atom is 0.306 e. The average molecular weight is 931 g/mol. The van der Waals surface area contributed by atoms with Crippen LogP contribution in [-0.2, 0) is 23.8 Å². The molecule has 5 heteroatoms. The summed E-state index contributed by atoms with van der Waals surface area (Å²) < 4.78 is 17.3. The average Bonchev–Trinajstić information content (AvgIpc) is 3.34. The van der Waals surface area contributed by atoms with Crippen molar-refractivity contribution in [2.45, 2.75) is 181 Å². The van der Waals surface area contributed by atoms with Gasteiger partial charge in [-0.3, -0.25) is 9.59 Å². The largest absolute Gasteiger partial charge is 0.462 e. The number of rotatable bonds is 45. The van der Waals surface area contributed by atoms with Crippen molar-refractivity contribution in [2.24, 2.45) is 0 Å². The Hall–Kier alpha value is -5.00. The summed E-state index contributed by atoms with van der Waals surface area (Å²) in [6, 6.07) is 0. The molecule has 0 spiro atoms. The molecule has 0 aliphatic carbocycles. The van der Waals surface area contributed by atoms with Crippen molar-refractivity contribution in [1.82, 2.24) is 0 Å². The number of unbranched alkanes of at least 4 members (excludes halogenated alkanes) is 4. The second-order valence-electron chi connectivity index (χ2n) is 16.3. The van der Waals surface area contributed by atoms with E-state index in [1.807, 2.05) is 0 Å². The number of hydrogen-bond donors (Lipinski definition) is 0. The van der Waals surface area contributed by atoms with Gasteiger partial charge in [0.05, 0.1) is 6.61 Å². The molecular weight excluding hydrogens is 837 g/mol. The van der Waals surface area contributed by atoms with Crippen LogP contribution in [0.1, 0.15) is 175 Å². The molecule has 1 unspecified atom stereocenters. The van der Waals surface area contributed by atoms with Crippen LogP contribution in [0, 0.1) is 0 Å².